The third-order valence-corrected chi connectivity index (χ3v) is 2.42. The van der Waals surface area contributed by atoms with Crippen molar-refractivity contribution in [1.29, 1.82) is 0 Å². The third-order valence-electron chi connectivity index (χ3n) is 1.95. The molecule has 1 heterocycles. The summed E-state index contributed by atoms with van der Waals surface area (Å²) in [5, 5.41) is 0. The molecule has 1 aliphatic heterocycles. The summed E-state index contributed by atoms with van der Waals surface area (Å²) in [4.78, 5) is 2.20. The molecule has 2 heteroatoms. The smallest absolute Gasteiger partial charge is 0.0410 e. The summed E-state index contributed by atoms with van der Waals surface area (Å²) < 4.78 is 1.11. The van der Waals surface area contributed by atoms with E-state index in [-0.39, 0.29) is 0 Å². The van der Waals surface area contributed by atoms with E-state index in [2.05, 4.69) is 63.4 Å². The normalized spacial score (nSPS) is 15.8. The van der Waals surface area contributed by atoms with Gasteiger partial charge in [-0.2, -0.15) is 0 Å². The van der Waals surface area contributed by atoms with Gasteiger partial charge in [0.1, 0.15) is 0 Å². The molecule has 0 aliphatic carbocycles. The highest BCUT2D eigenvalue weighted by Gasteiger charge is 2.04. The second-order valence-electron chi connectivity index (χ2n) is 2.90. The largest absolute Gasteiger partial charge is 0.343 e. The Labute approximate surface area is 86.5 Å². The van der Waals surface area contributed by atoms with Crippen molar-refractivity contribution in [3.63, 3.8) is 0 Å². The summed E-state index contributed by atoms with van der Waals surface area (Å²) in [5.74, 6) is 0. The van der Waals surface area contributed by atoms with Crippen LogP contribution < -0.4 is 4.90 Å². The molecular formula is C11H10BrN. The summed E-state index contributed by atoms with van der Waals surface area (Å²) in [6.45, 7) is 0.944. The first kappa shape index (κ1) is 8.57. The van der Waals surface area contributed by atoms with Gasteiger partial charge in [-0.25, -0.2) is 0 Å². The molecule has 0 spiro atoms. The Bertz CT molecular complexity index is 340. The first-order valence-electron chi connectivity index (χ1n) is 4.22. The topological polar surface area (TPSA) is 3.24 Å². The zero-order valence-electron chi connectivity index (χ0n) is 7.15. The van der Waals surface area contributed by atoms with Gasteiger partial charge < -0.3 is 4.90 Å². The second-order valence-corrected chi connectivity index (χ2v) is 3.82. The van der Waals surface area contributed by atoms with Gasteiger partial charge in [0.2, 0.25) is 0 Å². The second kappa shape index (κ2) is 3.79. The van der Waals surface area contributed by atoms with Crippen LogP contribution in [0.15, 0.2) is 53.2 Å². The van der Waals surface area contributed by atoms with Crippen LogP contribution in [0, 0.1) is 0 Å². The van der Waals surface area contributed by atoms with Gasteiger partial charge in [-0.05, 0) is 34.1 Å². The Morgan fingerprint density at radius 2 is 1.92 bits per heavy atom. The van der Waals surface area contributed by atoms with Gasteiger partial charge in [0.15, 0.2) is 0 Å². The standard InChI is InChI=1S/C11H10BrN/c12-10-5-4-8-13(9-10)11-6-2-1-3-7-11/h1-7,9H,8H2. The fourth-order valence-electron chi connectivity index (χ4n) is 1.32. The lowest BCUT2D eigenvalue weighted by atomic mass is 10.2. The van der Waals surface area contributed by atoms with Gasteiger partial charge in [0.05, 0.1) is 0 Å². The van der Waals surface area contributed by atoms with Gasteiger partial charge in [-0.15, -0.1) is 0 Å². The van der Waals surface area contributed by atoms with Gasteiger partial charge in [-0.1, -0.05) is 24.3 Å². The Morgan fingerprint density at radius 1 is 1.15 bits per heavy atom. The van der Waals surface area contributed by atoms with Crippen LogP contribution in [0.3, 0.4) is 0 Å². The van der Waals surface area contributed by atoms with Crippen molar-refractivity contribution in [3.8, 4) is 0 Å². The summed E-state index contributed by atoms with van der Waals surface area (Å²) >= 11 is 3.46. The highest BCUT2D eigenvalue weighted by atomic mass is 79.9. The van der Waals surface area contributed by atoms with Crippen LogP contribution in [0.25, 0.3) is 0 Å². The number of anilines is 1. The van der Waals surface area contributed by atoms with Gasteiger partial charge in [0.25, 0.3) is 0 Å². The minimum absolute atomic E-state index is 0.944. The lowest BCUT2D eigenvalue weighted by molar-refractivity contribution is 1.07. The molecule has 66 valence electrons. The van der Waals surface area contributed by atoms with Gasteiger partial charge in [0, 0.05) is 22.9 Å². The number of nitrogens with zero attached hydrogens (tertiary/aromatic N) is 1. The summed E-state index contributed by atoms with van der Waals surface area (Å²) in [5.41, 5.74) is 1.23. The Hall–Kier alpha value is -1.02. The van der Waals surface area contributed by atoms with E-state index in [9.17, 15) is 0 Å². The minimum atomic E-state index is 0.944. The SMILES string of the molecule is BrC1=CN(c2ccccc2)CC=C1. The highest BCUT2D eigenvalue weighted by molar-refractivity contribution is 9.11. The van der Waals surface area contributed by atoms with E-state index in [0.29, 0.717) is 0 Å². The number of benzene rings is 1. The van der Waals surface area contributed by atoms with Crippen LogP contribution in [0.5, 0.6) is 0 Å². The minimum Gasteiger partial charge on any atom is -0.343 e. The summed E-state index contributed by atoms with van der Waals surface area (Å²) in [6.07, 6.45) is 6.30. The van der Waals surface area contributed by atoms with Crippen LogP contribution in [-0.4, -0.2) is 6.54 Å². The Balaban J connectivity index is 2.24. The van der Waals surface area contributed by atoms with Crippen LogP contribution in [0.4, 0.5) is 5.69 Å². The summed E-state index contributed by atoms with van der Waals surface area (Å²) in [6, 6.07) is 10.3. The highest BCUT2D eigenvalue weighted by Crippen LogP contribution is 2.20. The van der Waals surface area contributed by atoms with E-state index < -0.39 is 0 Å². The van der Waals surface area contributed by atoms with E-state index in [0.717, 1.165) is 11.0 Å². The maximum Gasteiger partial charge on any atom is 0.0410 e. The van der Waals surface area contributed by atoms with Crippen molar-refractivity contribution < 1.29 is 0 Å². The van der Waals surface area contributed by atoms with Crippen LogP contribution in [-0.2, 0) is 0 Å². The number of allylic oxidation sites excluding steroid dienone is 2. The number of hydrogen-bond acceptors (Lipinski definition) is 1. The van der Waals surface area contributed by atoms with Crippen molar-refractivity contribution in [3.05, 3.63) is 53.2 Å². The van der Waals surface area contributed by atoms with Gasteiger partial charge >= 0.3 is 0 Å². The fraction of sp³-hybridized carbons (Fsp3) is 0.0909. The third kappa shape index (κ3) is 2.01. The number of rotatable bonds is 1. The molecule has 0 amide bonds. The lowest BCUT2D eigenvalue weighted by Gasteiger charge is -2.21. The monoisotopic (exact) mass is 235 g/mol. The molecule has 13 heavy (non-hydrogen) atoms. The van der Waals surface area contributed by atoms with E-state index in [1.807, 2.05) is 6.07 Å². The average molecular weight is 236 g/mol. The molecule has 1 nitrogen and oxygen atoms in total. The maximum absolute atomic E-state index is 3.46. The fourth-order valence-corrected chi connectivity index (χ4v) is 1.76. The van der Waals surface area contributed by atoms with E-state index >= 15 is 0 Å². The molecule has 0 fully saturated rings. The predicted molar refractivity (Wildman–Crippen MR) is 59.9 cm³/mol. The number of halogens is 1. The van der Waals surface area contributed by atoms with Crippen molar-refractivity contribution in [2.45, 2.75) is 0 Å². The molecule has 1 aromatic carbocycles. The zero-order valence-corrected chi connectivity index (χ0v) is 8.74. The van der Waals surface area contributed by atoms with Crippen molar-refractivity contribution in [2.75, 3.05) is 11.4 Å². The van der Waals surface area contributed by atoms with Gasteiger partial charge in [-0.3, -0.25) is 0 Å². The Kier molecular flexibility index (Phi) is 2.50. The molecule has 0 saturated heterocycles. The molecule has 0 bridgehead atoms. The quantitative estimate of drug-likeness (QED) is 0.723. The predicted octanol–water partition coefficient (Wildman–Crippen LogP) is 3.30. The molecule has 0 unspecified atom stereocenters. The van der Waals surface area contributed by atoms with Crippen LogP contribution in [0.1, 0.15) is 0 Å². The van der Waals surface area contributed by atoms with E-state index in [4.69, 9.17) is 0 Å². The lowest BCUT2D eigenvalue weighted by Crippen LogP contribution is -2.17. The molecule has 0 N–H and O–H groups in total. The molecule has 0 atom stereocenters. The number of para-hydroxylation sites is 1. The van der Waals surface area contributed by atoms with E-state index in [1.54, 1.807) is 0 Å². The average Bonchev–Trinajstić information content (AvgIpc) is 2.19. The zero-order chi connectivity index (χ0) is 9.10. The van der Waals surface area contributed by atoms with Crippen LogP contribution in [0.2, 0.25) is 0 Å². The molecule has 1 aliphatic rings. The van der Waals surface area contributed by atoms with Crippen molar-refractivity contribution in [2.24, 2.45) is 0 Å². The first-order valence-corrected chi connectivity index (χ1v) is 5.01. The Morgan fingerprint density at radius 3 is 2.62 bits per heavy atom. The molecule has 0 saturated carbocycles. The molecular weight excluding hydrogens is 226 g/mol. The molecule has 0 radical (unpaired) electrons. The van der Waals surface area contributed by atoms with Crippen LogP contribution >= 0.6 is 15.9 Å². The summed E-state index contributed by atoms with van der Waals surface area (Å²) in [7, 11) is 0. The van der Waals surface area contributed by atoms with Crippen molar-refractivity contribution >= 4 is 21.6 Å². The molecule has 2 rings (SSSR count). The first-order chi connectivity index (χ1) is 6.36. The van der Waals surface area contributed by atoms with Crippen molar-refractivity contribution in [1.82, 2.24) is 0 Å². The number of hydrogen-bond donors (Lipinski definition) is 0. The van der Waals surface area contributed by atoms with E-state index in [1.165, 1.54) is 5.69 Å². The molecule has 1 aromatic rings. The molecule has 0 aromatic heterocycles. The maximum atomic E-state index is 3.46.